The van der Waals surface area contributed by atoms with Crippen molar-refractivity contribution in [3.63, 3.8) is 0 Å². The Bertz CT molecular complexity index is 559. The number of hydrogen-bond acceptors (Lipinski definition) is 3. The van der Waals surface area contributed by atoms with E-state index in [4.69, 9.17) is 5.73 Å². The zero-order chi connectivity index (χ0) is 17.4. The third-order valence-corrected chi connectivity index (χ3v) is 3.98. The predicted molar refractivity (Wildman–Crippen MR) is 110 cm³/mol. The molecule has 1 amide bonds. The summed E-state index contributed by atoms with van der Waals surface area (Å²) < 4.78 is 13.0. The molecular formula is C17H27FIN5O. The summed E-state index contributed by atoms with van der Waals surface area (Å²) in [7, 11) is 0. The van der Waals surface area contributed by atoms with Gasteiger partial charge >= 0.3 is 0 Å². The topological polar surface area (TPSA) is 74.0 Å². The summed E-state index contributed by atoms with van der Waals surface area (Å²) in [5.74, 6) is 0.267. The number of carbonyl (C=O) groups is 1. The number of aliphatic imine (C=N–C) groups is 1. The first-order chi connectivity index (χ1) is 11.6. The van der Waals surface area contributed by atoms with Crippen LogP contribution in [-0.4, -0.2) is 56.0 Å². The van der Waals surface area contributed by atoms with Crippen molar-refractivity contribution in [2.75, 3.05) is 44.2 Å². The molecule has 0 spiro atoms. The van der Waals surface area contributed by atoms with Gasteiger partial charge in [0.05, 0.1) is 6.54 Å². The average molecular weight is 463 g/mol. The highest BCUT2D eigenvalue weighted by atomic mass is 127. The van der Waals surface area contributed by atoms with Gasteiger partial charge in [0, 0.05) is 44.8 Å². The zero-order valence-electron chi connectivity index (χ0n) is 14.6. The molecule has 1 aromatic rings. The van der Waals surface area contributed by atoms with Gasteiger partial charge < -0.3 is 20.9 Å². The van der Waals surface area contributed by atoms with Gasteiger partial charge in [-0.05, 0) is 30.7 Å². The summed E-state index contributed by atoms with van der Waals surface area (Å²) in [6.45, 7) is 6.24. The number of amides is 1. The first-order valence-corrected chi connectivity index (χ1v) is 8.42. The highest BCUT2D eigenvalue weighted by Gasteiger charge is 2.18. The van der Waals surface area contributed by atoms with Crippen LogP contribution >= 0.6 is 24.0 Å². The number of piperazine rings is 1. The van der Waals surface area contributed by atoms with Crippen molar-refractivity contribution in [3.8, 4) is 0 Å². The molecule has 1 aromatic carbocycles. The van der Waals surface area contributed by atoms with E-state index in [1.54, 1.807) is 12.1 Å². The van der Waals surface area contributed by atoms with E-state index < -0.39 is 0 Å². The van der Waals surface area contributed by atoms with Crippen LogP contribution in [0.2, 0.25) is 0 Å². The van der Waals surface area contributed by atoms with Gasteiger partial charge in [-0.2, -0.15) is 0 Å². The fourth-order valence-corrected chi connectivity index (χ4v) is 2.57. The molecule has 1 aliphatic rings. The van der Waals surface area contributed by atoms with E-state index >= 15 is 0 Å². The Morgan fingerprint density at radius 3 is 2.48 bits per heavy atom. The Morgan fingerprint density at radius 2 is 1.88 bits per heavy atom. The molecule has 0 atom stereocenters. The first-order valence-electron chi connectivity index (χ1n) is 8.42. The first kappa shape index (κ1) is 21.5. The lowest BCUT2D eigenvalue weighted by Crippen LogP contribution is -2.51. The number of carbonyl (C=O) groups excluding carboxylic acids is 1. The van der Waals surface area contributed by atoms with E-state index in [0.29, 0.717) is 25.5 Å². The van der Waals surface area contributed by atoms with Crippen LogP contribution in [-0.2, 0) is 4.79 Å². The molecule has 1 fully saturated rings. The second-order valence-corrected chi connectivity index (χ2v) is 5.79. The minimum atomic E-state index is -0.225. The quantitative estimate of drug-likeness (QED) is 0.384. The van der Waals surface area contributed by atoms with Crippen molar-refractivity contribution < 1.29 is 9.18 Å². The van der Waals surface area contributed by atoms with Crippen molar-refractivity contribution in [1.82, 2.24) is 10.2 Å². The lowest BCUT2D eigenvalue weighted by molar-refractivity contribution is -0.120. The van der Waals surface area contributed by atoms with Crippen molar-refractivity contribution in [2.24, 2.45) is 10.7 Å². The van der Waals surface area contributed by atoms with Crippen LogP contribution in [0.1, 0.15) is 19.8 Å². The van der Waals surface area contributed by atoms with Gasteiger partial charge in [-0.15, -0.1) is 24.0 Å². The summed E-state index contributed by atoms with van der Waals surface area (Å²) in [6, 6.07) is 6.52. The number of anilines is 1. The van der Waals surface area contributed by atoms with Gasteiger partial charge in [0.2, 0.25) is 5.91 Å². The van der Waals surface area contributed by atoms with E-state index in [1.807, 2.05) is 11.8 Å². The molecule has 8 heteroatoms. The molecule has 1 aliphatic heterocycles. The van der Waals surface area contributed by atoms with Gasteiger partial charge in [-0.1, -0.05) is 6.92 Å². The normalized spacial score (nSPS) is 14.9. The fraction of sp³-hybridized carbons (Fsp3) is 0.529. The standard InChI is InChI=1S/C17H26FN5O.HI/c1-2-8-20-16(24)7-9-21-17(19)23-12-10-22(11-13-23)15-5-3-14(18)4-6-15;/h3-6H,2,7-13H2,1H3,(H2,19,21)(H,20,24);1H. The average Bonchev–Trinajstić information content (AvgIpc) is 2.60. The van der Waals surface area contributed by atoms with Crippen LogP contribution in [0, 0.1) is 5.82 Å². The highest BCUT2D eigenvalue weighted by Crippen LogP contribution is 2.16. The van der Waals surface area contributed by atoms with Crippen LogP contribution in [0.15, 0.2) is 29.3 Å². The van der Waals surface area contributed by atoms with E-state index in [1.165, 1.54) is 12.1 Å². The predicted octanol–water partition coefficient (Wildman–Crippen LogP) is 1.80. The van der Waals surface area contributed by atoms with E-state index in [0.717, 1.165) is 38.3 Å². The Kier molecular flexibility index (Phi) is 9.54. The van der Waals surface area contributed by atoms with Crippen LogP contribution in [0.3, 0.4) is 0 Å². The Morgan fingerprint density at radius 1 is 1.24 bits per heavy atom. The van der Waals surface area contributed by atoms with Crippen LogP contribution in [0.5, 0.6) is 0 Å². The van der Waals surface area contributed by atoms with Gasteiger partial charge in [0.25, 0.3) is 0 Å². The van der Waals surface area contributed by atoms with E-state index in [2.05, 4.69) is 15.2 Å². The lowest BCUT2D eigenvalue weighted by atomic mass is 10.2. The van der Waals surface area contributed by atoms with Crippen LogP contribution < -0.4 is 16.0 Å². The Hall–Kier alpha value is -1.58. The summed E-state index contributed by atoms with van der Waals surface area (Å²) >= 11 is 0. The molecular weight excluding hydrogens is 436 g/mol. The maximum Gasteiger partial charge on any atom is 0.221 e. The molecule has 0 saturated carbocycles. The van der Waals surface area contributed by atoms with E-state index in [-0.39, 0.29) is 35.7 Å². The third-order valence-electron chi connectivity index (χ3n) is 3.98. The van der Waals surface area contributed by atoms with Gasteiger partial charge in [0.15, 0.2) is 5.96 Å². The molecule has 25 heavy (non-hydrogen) atoms. The number of nitrogens with two attached hydrogens (primary N) is 1. The zero-order valence-corrected chi connectivity index (χ0v) is 16.9. The van der Waals surface area contributed by atoms with Crippen molar-refractivity contribution in [1.29, 1.82) is 0 Å². The molecule has 1 saturated heterocycles. The number of rotatable bonds is 6. The molecule has 0 aromatic heterocycles. The molecule has 0 unspecified atom stereocenters. The molecule has 2 rings (SSSR count). The molecule has 1 heterocycles. The Labute approximate surface area is 165 Å². The minimum absolute atomic E-state index is 0. The largest absolute Gasteiger partial charge is 0.370 e. The van der Waals surface area contributed by atoms with Crippen LogP contribution in [0.4, 0.5) is 10.1 Å². The number of benzene rings is 1. The lowest BCUT2D eigenvalue weighted by Gasteiger charge is -2.36. The van der Waals surface area contributed by atoms with E-state index in [9.17, 15) is 9.18 Å². The van der Waals surface area contributed by atoms with Crippen molar-refractivity contribution >= 4 is 41.5 Å². The third kappa shape index (κ3) is 7.05. The van der Waals surface area contributed by atoms with Gasteiger partial charge in [0.1, 0.15) is 5.82 Å². The van der Waals surface area contributed by atoms with Gasteiger partial charge in [-0.3, -0.25) is 9.79 Å². The SMILES string of the molecule is CCCNC(=O)CCN=C(N)N1CCN(c2ccc(F)cc2)CC1.I. The molecule has 0 aliphatic carbocycles. The molecule has 0 radical (unpaired) electrons. The smallest absolute Gasteiger partial charge is 0.221 e. The summed E-state index contributed by atoms with van der Waals surface area (Å²) in [4.78, 5) is 20.0. The van der Waals surface area contributed by atoms with Gasteiger partial charge in [-0.25, -0.2) is 4.39 Å². The number of guanidine groups is 1. The summed E-state index contributed by atoms with van der Waals surface area (Å²) in [6.07, 6.45) is 1.28. The number of nitrogens with one attached hydrogen (secondary N) is 1. The molecule has 6 nitrogen and oxygen atoms in total. The molecule has 0 bridgehead atoms. The maximum absolute atomic E-state index is 13.0. The summed E-state index contributed by atoms with van der Waals surface area (Å²) in [5, 5.41) is 2.82. The van der Waals surface area contributed by atoms with Crippen LogP contribution in [0.25, 0.3) is 0 Å². The maximum atomic E-state index is 13.0. The fourth-order valence-electron chi connectivity index (χ4n) is 2.57. The monoisotopic (exact) mass is 463 g/mol. The molecule has 3 N–H and O–H groups in total. The minimum Gasteiger partial charge on any atom is -0.370 e. The number of halogens is 2. The second kappa shape index (κ2) is 11.1. The Balaban J connectivity index is 0.00000312. The number of nitrogens with zero attached hydrogens (tertiary/aromatic N) is 3. The second-order valence-electron chi connectivity index (χ2n) is 5.79. The molecule has 140 valence electrons. The van der Waals surface area contributed by atoms with Crippen molar-refractivity contribution in [2.45, 2.75) is 19.8 Å². The van der Waals surface area contributed by atoms with Crippen molar-refractivity contribution in [3.05, 3.63) is 30.1 Å². The highest BCUT2D eigenvalue weighted by molar-refractivity contribution is 14.0. The number of hydrogen-bond donors (Lipinski definition) is 2. The summed E-state index contributed by atoms with van der Waals surface area (Å²) in [5.41, 5.74) is 7.03.